The number of benzene rings is 1. The van der Waals surface area contributed by atoms with Gasteiger partial charge in [-0.25, -0.2) is 9.78 Å². The third-order valence-electron chi connectivity index (χ3n) is 5.74. The second-order valence-electron chi connectivity index (χ2n) is 8.50. The molecule has 5 rings (SSSR count). The van der Waals surface area contributed by atoms with Crippen LogP contribution in [0.3, 0.4) is 0 Å². The molecular formula is C23H24N8O4. The molecule has 5 N–H and O–H groups in total. The molecule has 2 aliphatic rings. The first-order chi connectivity index (χ1) is 17.0. The maximum atomic E-state index is 12.9. The predicted octanol–water partition coefficient (Wildman–Crippen LogP) is 2.29. The summed E-state index contributed by atoms with van der Waals surface area (Å²) in [7, 11) is 0. The third kappa shape index (κ3) is 5.25. The van der Waals surface area contributed by atoms with Crippen molar-refractivity contribution in [2.24, 2.45) is 5.73 Å². The first kappa shape index (κ1) is 22.4. The monoisotopic (exact) mass is 476 g/mol. The van der Waals surface area contributed by atoms with Gasteiger partial charge in [0.05, 0.1) is 11.9 Å². The molecule has 35 heavy (non-hydrogen) atoms. The summed E-state index contributed by atoms with van der Waals surface area (Å²) in [6.45, 7) is 1.18. The van der Waals surface area contributed by atoms with Gasteiger partial charge in [0, 0.05) is 48.7 Å². The van der Waals surface area contributed by atoms with E-state index in [2.05, 4.69) is 32.1 Å². The number of hydrogen-bond donors (Lipinski definition) is 4. The second kappa shape index (κ2) is 9.47. The van der Waals surface area contributed by atoms with E-state index in [9.17, 15) is 14.9 Å². The highest BCUT2D eigenvalue weighted by Crippen LogP contribution is 2.30. The standard InChI is InChI=1S/C23H24N8O4/c24-11-17-12-26-21-19(27-14-1-2-14)10-20(30-31(17)21)28-16-7-13(8-18(9-16)35-23(25)33)22(32)29-15-3-5-34-6-4-15/h7-10,12,14-15,27H,1-6H2,(H2,25,33)(H,28,30)(H,29,32). The molecule has 1 aliphatic carbocycles. The molecule has 12 heteroatoms. The van der Waals surface area contributed by atoms with E-state index in [1.54, 1.807) is 12.1 Å². The zero-order valence-electron chi connectivity index (χ0n) is 18.8. The Bertz CT molecular complexity index is 1320. The summed E-state index contributed by atoms with van der Waals surface area (Å²) in [6, 6.07) is 8.83. The van der Waals surface area contributed by atoms with Gasteiger partial charge in [-0.2, -0.15) is 9.78 Å². The van der Waals surface area contributed by atoms with Crippen molar-refractivity contribution in [2.45, 2.75) is 37.8 Å². The van der Waals surface area contributed by atoms with Crippen LogP contribution in [0.1, 0.15) is 41.7 Å². The summed E-state index contributed by atoms with van der Waals surface area (Å²) in [5, 5.41) is 23.5. The quantitative estimate of drug-likeness (QED) is 0.400. The Morgan fingerprint density at radius 2 is 1.94 bits per heavy atom. The number of primary amides is 1. The summed E-state index contributed by atoms with van der Waals surface area (Å²) in [5.41, 5.74) is 7.49. The third-order valence-corrected chi connectivity index (χ3v) is 5.74. The molecular weight excluding hydrogens is 452 g/mol. The highest BCUT2D eigenvalue weighted by Gasteiger charge is 2.23. The SMILES string of the molecule is N#Cc1cnc2c(NC3CC3)cc(Nc3cc(OC(N)=O)cc(C(=O)NC4CCOCC4)c3)nn12. The molecule has 1 saturated carbocycles. The van der Waals surface area contributed by atoms with E-state index in [4.69, 9.17) is 15.2 Å². The molecule has 2 aromatic heterocycles. The average Bonchev–Trinajstić information content (AvgIpc) is 3.55. The first-order valence-corrected chi connectivity index (χ1v) is 11.3. The van der Waals surface area contributed by atoms with Gasteiger partial charge in [-0.05, 0) is 37.8 Å². The molecule has 2 amide bonds. The lowest BCUT2D eigenvalue weighted by Gasteiger charge is -2.23. The minimum Gasteiger partial charge on any atom is -0.410 e. The van der Waals surface area contributed by atoms with Gasteiger partial charge in [0.15, 0.2) is 17.2 Å². The molecule has 180 valence electrons. The fourth-order valence-electron chi connectivity index (χ4n) is 3.90. The first-order valence-electron chi connectivity index (χ1n) is 11.3. The molecule has 1 aromatic carbocycles. The van der Waals surface area contributed by atoms with Crippen LogP contribution >= 0.6 is 0 Å². The summed E-state index contributed by atoms with van der Waals surface area (Å²) < 4.78 is 11.9. The van der Waals surface area contributed by atoms with E-state index in [1.807, 2.05) is 0 Å². The summed E-state index contributed by atoms with van der Waals surface area (Å²) >= 11 is 0. The van der Waals surface area contributed by atoms with Crippen molar-refractivity contribution < 1.29 is 19.1 Å². The molecule has 0 atom stereocenters. The fraction of sp³-hybridized carbons (Fsp3) is 0.348. The number of carbonyl (C=O) groups excluding carboxylic acids is 2. The molecule has 0 unspecified atom stereocenters. The number of nitrogens with two attached hydrogens (primary N) is 1. The number of imidazole rings is 1. The van der Waals surface area contributed by atoms with E-state index in [0.29, 0.717) is 36.4 Å². The van der Waals surface area contributed by atoms with Crippen LogP contribution in [0.5, 0.6) is 5.75 Å². The molecule has 1 saturated heterocycles. The van der Waals surface area contributed by atoms with E-state index in [0.717, 1.165) is 31.4 Å². The molecule has 12 nitrogen and oxygen atoms in total. The van der Waals surface area contributed by atoms with Gasteiger partial charge in [0.25, 0.3) is 5.91 Å². The van der Waals surface area contributed by atoms with E-state index >= 15 is 0 Å². The zero-order chi connectivity index (χ0) is 24.4. The van der Waals surface area contributed by atoms with Gasteiger partial charge in [-0.1, -0.05) is 0 Å². The van der Waals surface area contributed by atoms with Gasteiger partial charge in [-0.15, -0.1) is 5.10 Å². The summed E-state index contributed by atoms with van der Waals surface area (Å²) in [4.78, 5) is 28.6. The molecule has 0 spiro atoms. The fourth-order valence-corrected chi connectivity index (χ4v) is 3.90. The lowest BCUT2D eigenvalue weighted by molar-refractivity contribution is 0.0696. The highest BCUT2D eigenvalue weighted by atomic mass is 16.5. The Morgan fingerprint density at radius 1 is 1.14 bits per heavy atom. The van der Waals surface area contributed by atoms with Gasteiger partial charge >= 0.3 is 6.09 Å². The maximum Gasteiger partial charge on any atom is 0.409 e. The van der Waals surface area contributed by atoms with E-state index in [1.165, 1.54) is 22.8 Å². The Morgan fingerprint density at radius 3 is 2.66 bits per heavy atom. The molecule has 3 heterocycles. The van der Waals surface area contributed by atoms with Crippen molar-refractivity contribution in [1.82, 2.24) is 19.9 Å². The van der Waals surface area contributed by atoms with Crippen LogP contribution in [-0.2, 0) is 4.74 Å². The Labute approximate surface area is 200 Å². The van der Waals surface area contributed by atoms with Crippen molar-refractivity contribution >= 4 is 34.8 Å². The number of nitriles is 1. The van der Waals surface area contributed by atoms with Crippen LogP contribution < -0.4 is 26.4 Å². The lowest BCUT2D eigenvalue weighted by Crippen LogP contribution is -2.38. The number of aromatic nitrogens is 3. The van der Waals surface area contributed by atoms with Crippen LogP contribution in [0.2, 0.25) is 0 Å². The normalized spacial score (nSPS) is 15.9. The minimum absolute atomic E-state index is 0.000789. The Hall–Kier alpha value is -4.37. The number of rotatable bonds is 7. The van der Waals surface area contributed by atoms with E-state index in [-0.39, 0.29) is 29.0 Å². The van der Waals surface area contributed by atoms with Crippen molar-refractivity contribution in [2.75, 3.05) is 23.8 Å². The molecule has 3 aromatic rings. The largest absolute Gasteiger partial charge is 0.410 e. The van der Waals surface area contributed by atoms with Crippen LogP contribution in [0.4, 0.5) is 22.0 Å². The molecule has 1 aliphatic heterocycles. The minimum atomic E-state index is -0.995. The van der Waals surface area contributed by atoms with Crippen molar-refractivity contribution in [3.8, 4) is 11.8 Å². The zero-order valence-corrected chi connectivity index (χ0v) is 18.8. The van der Waals surface area contributed by atoms with Crippen molar-refractivity contribution in [3.63, 3.8) is 0 Å². The predicted molar refractivity (Wildman–Crippen MR) is 126 cm³/mol. The topological polar surface area (TPSA) is 169 Å². The van der Waals surface area contributed by atoms with E-state index < -0.39 is 6.09 Å². The maximum absolute atomic E-state index is 12.9. The number of amides is 2. The summed E-state index contributed by atoms with van der Waals surface area (Å²) in [5.74, 6) is 0.204. The molecule has 0 bridgehead atoms. The number of nitrogens with zero attached hydrogens (tertiary/aromatic N) is 4. The number of ether oxygens (including phenoxy) is 2. The number of fused-ring (bicyclic) bond motifs is 1. The van der Waals surface area contributed by atoms with Crippen LogP contribution in [0.25, 0.3) is 5.65 Å². The second-order valence-corrected chi connectivity index (χ2v) is 8.50. The van der Waals surface area contributed by atoms with Crippen molar-refractivity contribution in [1.29, 1.82) is 5.26 Å². The average molecular weight is 476 g/mol. The number of carbonyl (C=O) groups is 2. The van der Waals surface area contributed by atoms with Crippen molar-refractivity contribution in [3.05, 3.63) is 41.7 Å². The number of hydrogen-bond acceptors (Lipinski definition) is 9. The Balaban J connectivity index is 1.46. The number of anilines is 3. The van der Waals surface area contributed by atoms with Crippen LogP contribution in [-0.4, -0.2) is 51.9 Å². The van der Waals surface area contributed by atoms with Gasteiger partial charge in [0.1, 0.15) is 11.8 Å². The molecule has 2 fully saturated rings. The highest BCUT2D eigenvalue weighted by molar-refractivity contribution is 5.96. The smallest absolute Gasteiger partial charge is 0.409 e. The van der Waals surface area contributed by atoms with Gasteiger partial charge in [-0.3, -0.25) is 4.79 Å². The molecule has 0 radical (unpaired) electrons. The van der Waals surface area contributed by atoms with Gasteiger partial charge in [0.2, 0.25) is 0 Å². The Kier molecular flexibility index (Phi) is 6.07. The van der Waals surface area contributed by atoms with Gasteiger partial charge < -0.3 is 31.2 Å². The van der Waals surface area contributed by atoms with Crippen LogP contribution in [0, 0.1) is 11.3 Å². The van der Waals surface area contributed by atoms with Crippen LogP contribution in [0.15, 0.2) is 30.5 Å². The number of nitrogens with one attached hydrogen (secondary N) is 3. The lowest BCUT2D eigenvalue weighted by atomic mass is 10.1. The summed E-state index contributed by atoms with van der Waals surface area (Å²) in [6.07, 6.45) is 4.03.